The maximum atomic E-state index is 13.1. The van der Waals surface area contributed by atoms with Crippen molar-refractivity contribution in [1.29, 1.82) is 0 Å². The second-order valence-corrected chi connectivity index (χ2v) is 26.9. The van der Waals surface area contributed by atoms with Crippen LogP contribution in [0, 0.1) is 0 Å². The van der Waals surface area contributed by atoms with E-state index in [1.165, 1.54) is 49.1 Å². The molecule has 1 atom stereocenters. The first-order valence-electron chi connectivity index (χ1n) is 21.7. The Kier molecular flexibility index (Phi) is 26.9. The number of hydrogen-bond donors (Lipinski definition) is 1. The summed E-state index contributed by atoms with van der Waals surface area (Å²) < 4.78 is 97.2. The summed E-state index contributed by atoms with van der Waals surface area (Å²) in [6.07, 6.45) is 7.85. The van der Waals surface area contributed by atoms with Gasteiger partial charge in [0, 0.05) is 94.9 Å². The van der Waals surface area contributed by atoms with Gasteiger partial charge in [0.05, 0.1) is 6.29 Å². The first-order valence-corrected chi connectivity index (χ1v) is 30.8. The average Bonchev–Trinajstić information content (AvgIpc) is 3.33. The smallest absolute Gasteiger partial charge is 0.368 e. The standard InChI is InChI=1S/C43H72N3O14P5S/c1-10-11-12-13-14-15-30-46(33-40-16-22-41(47)23-17-40)65(66,59-42-24-18-38(19-25-42)28-31-44(34-61(51-2)52-3)35-62(48,53-4)54-5)60-43-26-20-39(21-27-43)29-32-45(36-63(49,55-6)56-7)37-64(50,57-8)58-9/h16-27,47H,10-15,28-37H2,1-9H3. The molecular weight excluding hydrogens is 969 g/mol. The zero-order valence-electron chi connectivity index (χ0n) is 40.0. The van der Waals surface area contributed by atoms with Crippen LogP contribution in [-0.4, -0.2) is 121 Å². The van der Waals surface area contributed by atoms with E-state index in [9.17, 15) is 18.8 Å². The molecule has 17 nitrogen and oxygen atoms in total. The van der Waals surface area contributed by atoms with Crippen LogP contribution in [0.2, 0.25) is 0 Å². The van der Waals surface area contributed by atoms with Crippen LogP contribution in [0.15, 0.2) is 72.8 Å². The molecule has 0 radical (unpaired) electrons. The maximum absolute atomic E-state index is 13.1. The second kappa shape index (κ2) is 30.2. The highest BCUT2D eigenvalue weighted by molar-refractivity contribution is 8.09. The molecule has 3 aromatic carbocycles. The molecule has 374 valence electrons. The van der Waals surface area contributed by atoms with E-state index in [0.717, 1.165) is 48.8 Å². The molecule has 0 bridgehead atoms. The van der Waals surface area contributed by atoms with Crippen molar-refractivity contribution >= 4 is 49.6 Å². The van der Waals surface area contributed by atoms with Crippen LogP contribution in [0.1, 0.15) is 62.1 Å². The number of phenols is 1. The summed E-state index contributed by atoms with van der Waals surface area (Å²) in [6, 6.07) is 22.3. The number of unbranched alkanes of at least 4 members (excludes halogenated alkanes) is 5. The highest BCUT2D eigenvalue weighted by atomic mass is 32.5. The monoisotopic (exact) mass is 1040 g/mol. The third kappa shape index (κ3) is 20.4. The molecule has 3 aromatic rings. The third-order valence-corrected chi connectivity index (χ3v) is 20.7. The van der Waals surface area contributed by atoms with Gasteiger partial charge in [-0.3, -0.25) is 23.5 Å². The minimum absolute atomic E-state index is 0.0693. The van der Waals surface area contributed by atoms with Crippen molar-refractivity contribution in [2.45, 2.75) is 64.8 Å². The van der Waals surface area contributed by atoms with E-state index in [1.807, 2.05) is 65.6 Å². The van der Waals surface area contributed by atoms with Crippen molar-refractivity contribution in [3.8, 4) is 17.2 Å². The largest absolute Gasteiger partial charge is 0.508 e. The highest BCUT2D eigenvalue weighted by Gasteiger charge is 2.34. The van der Waals surface area contributed by atoms with Crippen LogP contribution in [0.25, 0.3) is 0 Å². The molecule has 3 rings (SSSR count). The van der Waals surface area contributed by atoms with E-state index in [4.69, 9.17) is 57.0 Å². The first kappa shape index (κ1) is 58.7. The molecule has 0 heterocycles. The molecule has 23 heteroatoms. The number of hydrogen-bond acceptors (Lipinski definition) is 17. The van der Waals surface area contributed by atoms with E-state index >= 15 is 0 Å². The lowest BCUT2D eigenvalue weighted by atomic mass is 10.1. The van der Waals surface area contributed by atoms with Gasteiger partial charge in [-0.15, -0.1) is 0 Å². The van der Waals surface area contributed by atoms with Gasteiger partial charge >= 0.3 is 29.4 Å². The van der Waals surface area contributed by atoms with E-state index in [-0.39, 0.29) is 24.6 Å². The van der Waals surface area contributed by atoms with Gasteiger partial charge in [-0.2, -0.15) is 0 Å². The molecular formula is C43H72N3O14P5S. The predicted molar refractivity (Wildman–Crippen MR) is 266 cm³/mol. The minimum atomic E-state index is -3.50. The summed E-state index contributed by atoms with van der Waals surface area (Å²) in [5.74, 6) is 1.22. The average molecular weight is 1040 g/mol. The molecule has 1 unspecified atom stereocenters. The number of benzene rings is 3. The van der Waals surface area contributed by atoms with Crippen LogP contribution < -0.4 is 9.05 Å². The first-order chi connectivity index (χ1) is 31.6. The van der Waals surface area contributed by atoms with Crippen LogP contribution >= 0.6 is 37.8 Å². The van der Waals surface area contributed by atoms with E-state index in [0.29, 0.717) is 56.8 Å². The quantitative estimate of drug-likeness (QED) is 0.0430. The molecule has 1 N–H and O–H groups in total. The van der Waals surface area contributed by atoms with Gasteiger partial charge in [-0.1, -0.05) is 75.4 Å². The second-order valence-electron chi connectivity index (χ2n) is 15.2. The van der Waals surface area contributed by atoms with Gasteiger partial charge in [0.15, 0.2) is 8.38 Å². The number of phenolic OH excluding ortho intramolecular Hbond substituents is 1. The lowest BCUT2D eigenvalue weighted by Gasteiger charge is -2.34. The Morgan fingerprint density at radius 3 is 1.35 bits per heavy atom. The molecule has 0 fully saturated rings. The Balaban J connectivity index is 1.94. The Hall–Kier alpha value is -1.61. The zero-order valence-corrected chi connectivity index (χ0v) is 45.3. The molecule has 66 heavy (non-hydrogen) atoms. The summed E-state index contributed by atoms with van der Waals surface area (Å²) in [5.41, 5.74) is 2.87. The lowest BCUT2D eigenvalue weighted by molar-refractivity contribution is 0.224. The molecule has 0 saturated carbocycles. The predicted octanol–water partition coefficient (Wildman–Crippen LogP) is 11.5. The highest BCUT2D eigenvalue weighted by Crippen LogP contribution is 2.54. The summed E-state index contributed by atoms with van der Waals surface area (Å²) >= 11 is 6.51. The van der Waals surface area contributed by atoms with Crippen molar-refractivity contribution < 1.29 is 64.0 Å². The van der Waals surface area contributed by atoms with E-state index in [1.54, 1.807) is 31.3 Å². The Bertz CT molecular complexity index is 1970. The molecule has 0 aliphatic rings. The minimum Gasteiger partial charge on any atom is -0.508 e. The molecule has 0 saturated heterocycles. The molecule has 0 aliphatic carbocycles. The normalized spacial score (nSPS) is 13.5. The summed E-state index contributed by atoms with van der Waals surface area (Å²) in [6.45, 7) is 0.767. The number of aromatic hydroxyl groups is 1. The summed E-state index contributed by atoms with van der Waals surface area (Å²) in [7, 11) is -0.459. The fourth-order valence-electron chi connectivity index (χ4n) is 6.61. The number of nitrogens with zero attached hydrogens (tertiary/aromatic N) is 3. The summed E-state index contributed by atoms with van der Waals surface area (Å²) in [5, 5.41) is 10.1. The molecule has 0 amide bonds. The van der Waals surface area contributed by atoms with E-state index in [2.05, 4.69) is 11.6 Å². The molecule has 0 aromatic heterocycles. The van der Waals surface area contributed by atoms with Gasteiger partial charge in [0.1, 0.15) is 36.1 Å². The number of rotatable bonds is 36. The SMILES string of the molecule is CCCCCCCCN(Cc1ccc(O)cc1)P(=S)(Oc1ccc(CCN(CP(OC)OC)CP(=O)(OC)OC)cc1)Oc1ccc(CCN(CP(=O)(OC)OC)CP(=O)(OC)OC)cc1. The van der Waals surface area contributed by atoms with Crippen LogP contribution in [-0.2, 0) is 81.1 Å². The van der Waals surface area contributed by atoms with Crippen molar-refractivity contribution in [3.63, 3.8) is 0 Å². The Labute approximate surface area is 399 Å². The van der Waals surface area contributed by atoms with Crippen LogP contribution in [0.4, 0.5) is 0 Å². The van der Waals surface area contributed by atoms with Crippen LogP contribution in [0.5, 0.6) is 17.2 Å². The van der Waals surface area contributed by atoms with Gasteiger partial charge in [0.25, 0.3) is 0 Å². The van der Waals surface area contributed by atoms with Crippen molar-refractivity contribution in [1.82, 2.24) is 14.5 Å². The summed E-state index contributed by atoms with van der Waals surface area (Å²) in [4.78, 5) is 3.64. The fourth-order valence-corrected chi connectivity index (χ4v) is 13.9. The maximum Gasteiger partial charge on any atom is 0.368 e. The Morgan fingerprint density at radius 1 is 0.530 bits per heavy atom. The molecule has 0 aliphatic heterocycles. The van der Waals surface area contributed by atoms with E-state index < -0.39 is 37.8 Å². The van der Waals surface area contributed by atoms with Crippen molar-refractivity contribution in [2.75, 3.05) is 102 Å². The fraction of sp³-hybridized carbons (Fsp3) is 0.581. The topological polar surface area (TPSA) is 173 Å². The lowest BCUT2D eigenvalue weighted by Crippen LogP contribution is -2.29. The van der Waals surface area contributed by atoms with Crippen molar-refractivity contribution in [2.24, 2.45) is 0 Å². The van der Waals surface area contributed by atoms with Gasteiger partial charge in [-0.25, -0.2) is 4.67 Å². The molecule has 0 spiro atoms. The van der Waals surface area contributed by atoms with Crippen molar-refractivity contribution in [3.05, 3.63) is 89.5 Å². The van der Waals surface area contributed by atoms with Crippen LogP contribution in [0.3, 0.4) is 0 Å². The Morgan fingerprint density at radius 2 is 0.924 bits per heavy atom. The van der Waals surface area contributed by atoms with Gasteiger partial charge < -0.3 is 50.3 Å². The van der Waals surface area contributed by atoms with Gasteiger partial charge in [-0.05, 0) is 72.4 Å². The third-order valence-electron chi connectivity index (χ3n) is 10.7. The zero-order chi connectivity index (χ0) is 48.6. The van der Waals surface area contributed by atoms with Gasteiger partial charge in [0.2, 0.25) is 0 Å².